The largest absolute Gasteiger partial charge is 0.451 e. The maximum atomic E-state index is 13.8. The average molecular weight is 614 g/mol. The number of hydrogen-bond acceptors (Lipinski definition) is 10. The van der Waals surface area contributed by atoms with Crippen molar-refractivity contribution in [3.05, 3.63) is 77.1 Å². The van der Waals surface area contributed by atoms with Crippen LogP contribution in [0, 0.1) is 17.5 Å². The Balaban J connectivity index is 1.51. The Bertz CT molecular complexity index is 1370. The zero-order valence-corrected chi connectivity index (χ0v) is 21.6. The summed E-state index contributed by atoms with van der Waals surface area (Å²) in [7, 11) is 0. The zero-order valence-electron chi connectivity index (χ0n) is 19.2. The second kappa shape index (κ2) is 11.5. The van der Waals surface area contributed by atoms with E-state index in [4.69, 9.17) is 13.9 Å². The van der Waals surface area contributed by atoms with E-state index in [2.05, 4.69) is 36.2 Å². The van der Waals surface area contributed by atoms with Gasteiger partial charge in [0.05, 0.1) is 19.4 Å². The molecule has 1 saturated heterocycles. The SMILES string of the molecule is OCC1O[C@H](Sc2cncc(Br)c2)[C@@H](OCc2cocn2)C(n2cc(-c3cc(F)c(F)c(F)c3)nn2)[C@H]1O. The Morgan fingerprint density at radius 2 is 1.95 bits per heavy atom. The summed E-state index contributed by atoms with van der Waals surface area (Å²) in [6.07, 6.45) is 3.97. The van der Waals surface area contributed by atoms with Gasteiger partial charge in [-0.05, 0) is 34.1 Å². The van der Waals surface area contributed by atoms with Crippen LogP contribution in [0.3, 0.4) is 0 Å². The van der Waals surface area contributed by atoms with Gasteiger partial charge in [0, 0.05) is 27.3 Å². The van der Waals surface area contributed by atoms with Crippen LogP contribution < -0.4 is 0 Å². The van der Waals surface area contributed by atoms with Crippen molar-refractivity contribution in [1.29, 1.82) is 0 Å². The maximum Gasteiger partial charge on any atom is 0.194 e. The molecule has 38 heavy (non-hydrogen) atoms. The molecule has 0 aliphatic carbocycles. The molecule has 4 heterocycles. The van der Waals surface area contributed by atoms with E-state index in [1.165, 1.54) is 35.3 Å². The lowest BCUT2D eigenvalue weighted by molar-refractivity contribution is -0.196. The second-order valence-electron chi connectivity index (χ2n) is 8.26. The van der Waals surface area contributed by atoms with Gasteiger partial charge in [-0.25, -0.2) is 22.8 Å². The number of oxazole rings is 1. The lowest BCUT2D eigenvalue weighted by Crippen LogP contribution is -2.55. The number of thioether (sulfide) groups is 1. The van der Waals surface area contributed by atoms with Crippen LogP contribution in [0.1, 0.15) is 11.7 Å². The minimum absolute atomic E-state index is 0.0126. The highest BCUT2D eigenvalue weighted by Crippen LogP contribution is 2.40. The fourth-order valence-corrected chi connectivity index (χ4v) is 5.65. The average Bonchev–Trinajstić information content (AvgIpc) is 3.59. The highest BCUT2D eigenvalue weighted by atomic mass is 79.9. The molecule has 200 valence electrons. The van der Waals surface area contributed by atoms with E-state index < -0.39 is 53.8 Å². The van der Waals surface area contributed by atoms with E-state index in [1.54, 1.807) is 12.4 Å². The first-order valence-corrected chi connectivity index (χ1v) is 12.8. The van der Waals surface area contributed by atoms with Gasteiger partial charge in [0.15, 0.2) is 23.8 Å². The van der Waals surface area contributed by atoms with Crippen molar-refractivity contribution in [3.63, 3.8) is 0 Å². The standard InChI is InChI=1S/C23H19BrF3N5O5S/c24-12-3-14(5-28-4-12)38-23-22(36-9-13-8-35-10-29-13)20(21(34)18(7-33)37-23)32-6-17(30-31-32)11-1-15(25)19(27)16(26)2-11/h1-6,8,10,18,20-23,33-34H,7,9H2/t18?,20?,21-,22-,23+/m0/s1. The van der Waals surface area contributed by atoms with Crippen molar-refractivity contribution < 1.29 is 37.3 Å². The number of aliphatic hydroxyl groups is 2. The minimum atomic E-state index is -1.60. The van der Waals surface area contributed by atoms with Crippen LogP contribution in [0.2, 0.25) is 0 Å². The molecule has 4 aromatic rings. The van der Waals surface area contributed by atoms with Crippen molar-refractivity contribution >= 4 is 27.7 Å². The van der Waals surface area contributed by atoms with E-state index in [1.807, 2.05) is 6.07 Å². The normalized spacial score (nSPS) is 23.6. The number of pyridine rings is 1. The monoisotopic (exact) mass is 613 g/mol. The van der Waals surface area contributed by atoms with Gasteiger partial charge >= 0.3 is 0 Å². The maximum absolute atomic E-state index is 13.8. The Kier molecular flexibility index (Phi) is 8.11. The molecule has 5 atom stereocenters. The first-order valence-electron chi connectivity index (χ1n) is 11.1. The summed E-state index contributed by atoms with van der Waals surface area (Å²) in [5, 5.41) is 29.1. The lowest BCUT2D eigenvalue weighted by atomic mass is 9.97. The summed E-state index contributed by atoms with van der Waals surface area (Å²) in [5.74, 6) is -4.36. The molecule has 5 rings (SSSR count). The van der Waals surface area contributed by atoms with Gasteiger partial charge in [-0.2, -0.15) is 0 Å². The molecule has 15 heteroatoms. The molecule has 0 amide bonds. The first kappa shape index (κ1) is 26.8. The van der Waals surface area contributed by atoms with Crippen molar-refractivity contribution in [1.82, 2.24) is 25.0 Å². The van der Waals surface area contributed by atoms with Gasteiger partial charge in [0.1, 0.15) is 47.4 Å². The van der Waals surface area contributed by atoms with Crippen LogP contribution in [-0.2, 0) is 16.1 Å². The van der Waals surface area contributed by atoms with Crippen molar-refractivity contribution in [2.24, 2.45) is 0 Å². The zero-order chi connectivity index (χ0) is 26.8. The van der Waals surface area contributed by atoms with Gasteiger partial charge in [0.2, 0.25) is 0 Å². The topological polar surface area (TPSA) is 129 Å². The van der Waals surface area contributed by atoms with E-state index >= 15 is 0 Å². The van der Waals surface area contributed by atoms with Crippen LogP contribution in [0.15, 0.2) is 63.2 Å². The first-order chi connectivity index (χ1) is 18.3. The smallest absolute Gasteiger partial charge is 0.194 e. The molecule has 0 bridgehead atoms. The van der Waals surface area contributed by atoms with Crippen molar-refractivity contribution in [2.75, 3.05) is 6.61 Å². The quantitative estimate of drug-likeness (QED) is 0.285. The summed E-state index contributed by atoms with van der Waals surface area (Å²) < 4.78 is 60.3. The van der Waals surface area contributed by atoms with Crippen molar-refractivity contribution in [3.8, 4) is 11.3 Å². The molecule has 1 aliphatic rings. The summed E-state index contributed by atoms with van der Waals surface area (Å²) in [6.45, 7) is -0.529. The molecule has 3 aromatic heterocycles. The summed E-state index contributed by atoms with van der Waals surface area (Å²) in [4.78, 5) is 8.90. The van der Waals surface area contributed by atoms with Gasteiger partial charge < -0.3 is 24.1 Å². The molecule has 1 aliphatic heterocycles. The number of aliphatic hydroxyl groups excluding tert-OH is 2. The predicted octanol–water partition coefficient (Wildman–Crippen LogP) is 3.50. The molecule has 0 saturated carbocycles. The molecule has 1 fully saturated rings. The lowest BCUT2D eigenvalue weighted by Gasteiger charge is -2.43. The fraction of sp³-hybridized carbons (Fsp3) is 0.304. The van der Waals surface area contributed by atoms with E-state index in [0.29, 0.717) is 10.6 Å². The molecule has 0 radical (unpaired) electrons. The van der Waals surface area contributed by atoms with Crippen LogP contribution in [-0.4, -0.2) is 65.5 Å². The fourth-order valence-electron chi connectivity index (χ4n) is 3.97. The Hall–Kier alpha value is -2.82. The van der Waals surface area contributed by atoms with Crippen LogP contribution in [0.5, 0.6) is 0 Å². The van der Waals surface area contributed by atoms with Gasteiger partial charge in [-0.15, -0.1) is 5.10 Å². The minimum Gasteiger partial charge on any atom is -0.451 e. The number of aromatic nitrogens is 5. The molecular formula is C23H19BrF3N5O5S. The third-order valence-corrected chi connectivity index (χ3v) is 7.30. The van der Waals surface area contributed by atoms with Crippen LogP contribution in [0.25, 0.3) is 11.3 Å². The van der Waals surface area contributed by atoms with Crippen molar-refractivity contribution in [2.45, 2.75) is 41.3 Å². The number of nitrogens with zero attached hydrogens (tertiary/aromatic N) is 5. The summed E-state index contributed by atoms with van der Waals surface area (Å²) >= 11 is 4.62. The highest BCUT2D eigenvalue weighted by Gasteiger charge is 2.48. The summed E-state index contributed by atoms with van der Waals surface area (Å²) in [6, 6.07) is 2.43. The second-order valence-corrected chi connectivity index (χ2v) is 10.3. The van der Waals surface area contributed by atoms with E-state index in [-0.39, 0.29) is 17.9 Å². The third-order valence-electron chi connectivity index (χ3n) is 5.76. The summed E-state index contributed by atoms with van der Waals surface area (Å²) in [5.41, 5.74) is -0.333. The molecule has 0 spiro atoms. The number of halogens is 4. The van der Waals surface area contributed by atoms with Gasteiger partial charge in [-0.1, -0.05) is 17.0 Å². The highest BCUT2D eigenvalue weighted by molar-refractivity contribution is 9.10. The Morgan fingerprint density at radius 3 is 2.63 bits per heavy atom. The van der Waals surface area contributed by atoms with E-state index in [9.17, 15) is 23.4 Å². The van der Waals surface area contributed by atoms with E-state index in [0.717, 1.165) is 16.6 Å². The molecule has 2 N–H and O–H groups in total. The Morgan fingerprint density at radius 1 is 1.16 bits per heavy atom. The third kappa shape index (κ3) is 5.62. The molecule has 10 nitrogen and oxygen atoms in total. The number of ether oxygens (including phenoxy) is 2. The number of benzene rings is 1. The van der Waals surface area contributed by atoms with Crippen LogP contribution >= 0.6 is 27.7 Å². The molecule has 2 unspecified atom stereocenters. The Labute approximate surface area is 225 Å². The molecular weight excluding hydrogens is 595 g/mol. The van der Waals surface area contributed by atoms with Gasteiger partial charge in [0.25, 0.3) is 0 Å². The number of hydrogen-bond donors (Lipinski definition) is 2. The molecule has 1 aromatic carbocycles. The number of rotatable bonds is 8. The van der Waals surface area contributed by atoms with Gasteiger partial charge in [-0.3, -0.25) is 4.98 Å². The van der Waals surface area contributed by atoms with Crippen LogP contribution in [0.4, 0.5) is 13.2 Å². The predicted molar refractivity (Wildman–Crippen MR) is 129 cm³/mol.